The highest BCUT2D eigenvalue weighted by Crippen LogP contribution is 2.20. The third kappa shape index (κ3) is 3.78. The zero-order valence-electron chi connectivity index (χ0n) is 9.19. The predicted octanol–water partition coefficient (Wildman–Crippen LogP) is 2.17. The van der Waals surface area contributed by atoms with Crippen molar-refractivity contribution in [2.75, 3.05) is 0 Å². The van der Waals surface area contributed by atoms with Crippen LogP contribution in [0.5, 0.6) is 0 Å². The first-order valence-electron chi connectivity index (χ1n) is 5.14. The molecule has 0 aliphatic carbocycles. The molecule has 0 bridgehead atoms. The Bertz CT molecular complexity index is 421. The maximum absolute atomic E-state index is 9.96. The van der Waals surface area contributed by atoms with Gasteiger partial charge in [0.05, 0.1) is 0 Å². The molecule has 0 saturated carbocycles. The smallest absolute Gasteiger partial charge is 0.123 e. The normalized spacial score (nSPS) is 13.8. The number of nitrogens with two attached hydrogens (primary N) is 1. The van der Waals surface area contributed by atoms with Gasteiger partial charge in [-0.05, 0) is 12.0 Å². The predicted molar refractivity (Wildman–Crippen MR) is 72.4 cm³/mol. The van der Waals surface area contributed by atoms with Gasteiger partial charge in [-0.15, -0.1) is 23.7 Å². The lowest BCUT2D eigenvalue weighted by Gasteiger charge is -2.16. The molecule has 0 fully saturated rings. The van der Waals surface area contributed by atoms with E-state index in [-0.39, 0.29) is 18.4 Å². The number of halogens is 1. The first-order valence-corrected chi connectivity index (χ1v) is 6.02. The van der Waals surface area contributed by atoms with Crippen LogP contribution in [-0.2, 0) is 6.42 Å². The molecular weight excluding hydrogens is 256 g/mol. The first kappa shape index (κ1) is 14.1. The van der Waals surface area contributed by atoms with Gasteiger partial charge in [-0.1, -0.05) is 30.3 Å². The van der Waals surface area contributed by atoms with Crippen molar-refractivity contribution in [3.63, 3.8) is 0 Å². The Morgan fingerprint density at radius 2 is 2.00 bits per heavy atom. The molecule has 1 heterocycles. The summed E-state index contributed by atoms with van der Waals surface area (Å²) in [6.07, 6.45) is 1.65. The van der Waals surface area contributed by atoms with Gasteiger partial charge in [0.1, 0.15) is 11.1 Å². The third-order valence-corrected chi connectivity index (χ3v) is 3.27. The molecule has 0 aliphatic heterocycles. The highest BCUT2D eigenvalue weighted by molar-refractivity contribution is 7.09. The second-order valence-electron chi connectivity index (χ2n) is 3.67. The fraction of sp³-hybridized carbons (Fsp3) is 0.250. The van der Waals surface area contributed by atoms with E-state index in [1.807, 2.05) is 35.7 Å². The van der Waals surface area contributed by atoms with Crippen molar-refractivity contribution in [3.8, 4) is 0 Å². The molecular formula is C12H15ClN2OS. The topological polar surface area (TPSA) is 59.1 Å². The van der Waals surface area contributed by atoms with Crippen molar-refractivity contribution in [3.05, 3.63) is 52.5 Å². The monoisotopic (exact) mass is 270 g/mol. The Balaban J connectivity index is 0.00000144. The minimum atomic E-state index is -0.680. The van der Waals surface area contributed by atoms with E-state index in [9.17, 15) is 5.11 Å². The van der Waals surface area contributed by atoms with Crippen LogP contribution in [0.1, 0.15) is 16.7 Å². The van der Waals surface area contributed by atoms with Crippen LogP contribution < -0.4 is 5.73 Å². The van der Waals surface area contributed by atoms with Crippen LogP contribution >= 0.6 is 23.7 Å². The largest absolute Gasteiger partial charge is 0.384 e. The van der Waals surface area contributed by atoms with Gasteiger partial charge in [0.15, 0.2) is 0 Å². The number of aliphatic hydroxyl groups is 1. The number of hydrogen-bond donors (Lipinski definition) is 2. The summed E-state index contributed by atoms with van der Waals surface area (Å²) in [7, 11) is 0. The van der Waals surface area contributed by atoms with Crippen molar-refractivity contribution >= 4 is 23.7 Å². The van der Waals surface area contributed by atoms with Gasteiger partial charge >= 0.3 is 0 Å². The van der Waals surface area contributed by atoms with Gasteiger partial charge in [-0.2, -0.15) is 0 Å². The molecule has 92 valence electrons. The number of nitrogens with zero attached hydrogens (tertiary/aromatic N) is 1. The highest BCUT2D eigenvalue weighted by atomic mass is 35.5. The molecule has 2 atom stereocenters. The lowest BCUT2D eigenvalue weighted by molar-refractivity contribution is 0.145. The molecule has 3 nitrogen and oxygen atoms in total. The van der Waals surface area contributed by atoms with Crippen molar-refractivity contribution < 1.29 is 5.11 Å². The summed E-state index contributed by atoms with van der Waals surface area (Å²) in [6, 6.07) is 9.61. The van der Waals surface area contributed by atoms with Gasteiger partial charge in [0.25, 0.3) is 0 Å². The Kier molecular flexibility index (Phi) is 5.58. The van der Waals surface area contributed by atoms with Gasteiger partial charge in [0, 0.05) is 17.6 Å². The molecule has 1 aromatic heterocycles. The number of aromatic nitrogens is 1. The summed E-state index contributed by atoms with van der Waals surface area (Å²) in [5.74, 6) is 0. The average molecular weight is 271 g/mol. The summed E-state index contributed by atoms with van der Waals surface area (Å²) < 4.78 is 0. The SMILES string of the molecule is Cl.N[C@@H](Cc1ccccc1)C(O)c1nccs1. The molecule has 3 N–H and O–H groups in total. The number of benzene rings is 1. The zero-order chi connectivity index (χ0) is 11.4. The number of aliphatic hydroxyl groups excluding tert-OH is 1. The van der Waals surface area contributed by atoms with Crippen molar-refractivity contribution in [1.29, 1.82) is 0 Å². The van der Waals surface area contributed by atoms with Crippen molar-refractivity contribution in [2.45, 2.75) is 18.6 Å². The van der Waals surface area contributed by atoms with Gasteiger partial charge in [-0.3, -0.25) is 0 Å². The van der Waals surface area contributed by atoms with Crippen LogP contribution in [0.25, 0.3) is 0 Å². The molecule has 0 saturated heterocycles. The maximum atomic E-state index is 9.96. The maximum Gasteiger partial charge on any atom is 0.123 e. The van der Waals surface area contributed by atoms with Crippen LogP contribution in [0.2, 0.25) is 0 Å². The second-order valence-corrected chi connectivity index (χ2v) is 4.59. The fourth-order valence-electron chi connectivity index (χ4n) is 1.56. The summed E-state index contributed by atoms with van der Waals surface area (Å²) in [5, 5.41) is 12.5. The molecule has 0 aliphatic rings. The lowest BCUT2D eigenvalue weighted by Crippen LogP contribution is -2.30. The fourth-order valence-corrected chi connectivity index (χ4v) is 2.26. The van der Waals surface area contributed by atoms with E-state index in [0.717, 1.165) is 5.56 Å². The van der Waals surface area contributed by atoms with Gasteiger partial charge in [0.2, 0.25) is 0 Å². The second kappa shape index (κ2) is 6.71. The first-order chi connectivity index (χ1) is 7.77. The van der Waals surface area contributed by atoms with Gasteiger partial charge < -0.3 is 10.8 Å². The quantitative estimate of drug-likeness (QED) is 0.895. The van der Waals surface area contributed by atoms with Crippen molar-refractivity contribution in [1.82, 2.24) is 4.98 Å². The average Bonchev–Trinajstić information content (AvgIpc) is 2.83. The van der Waals surface area contributed by atoms with E-state index in [4.69, 9.17) is 5.73 Å². The van der Waals surface area contributed by atoms with Crippen LogP contribution in [0.15, 0.2) is 41.9 Å². The van der Waals surface area contributed by atoms with E-state index in [2.05, 4.69) is 4.98 Å². The molecule has 5 heteroatoms. The standard InChI is InChI=1S/C12H14N2OS.ClH/c13-10(8-9-4-2-1-3-5-9)11(15)12-14-6-7-16-12;/h1-7,10-11,15H,8,13H2;1H/t10-,11?;/m0./s1. The highest BCUT2D eigenvalue weighted by Gasteiger charge is 2.19. The Hall–Kier alpha value is -0.940. The van der Waals surface area contributed by atoms with Crippen molar-refractivity contribution in [2.24, 2.45) is 5.73 Å². The van der Waals surface area contributed by atoms with E-state index >= 15 is 0 Å². The van der Waals surface area contributed by atoms with E-state index in [1.54, 1.807) is 6.20 Å². The zero-order valence-corrected chi connectivity index (χ0v) is 10.8. The number of rotatable bonds is 4. The molecule has 1 aromatic carbocycles. The van der Waals surface area contributed by atoms with Crippen LogP contribution in [0.4, 0.5) is 0 Å². The molecule has 0 spiro atoms. The molecule has 17 heavy (non-hydrogen) atoms. The number of thiazole rings is 1. The number of hydrogen-bond acceptors (Lipinski definition) is 4. The molecule has 2 aromatic rings. The van der Waals surface area contributed by atoms with Gasteiger partial charge in [-0.25, -0.2) is 4.98 Å². The minimum Gasteiger partial charge on any atom is -0.384 e. The molecule has 2 rings (SSSR count). The molecule has 0 radical (unpaired) electrons. The Morgan fingerprint density at radius 3 is 2.59 bits per heavy atom. The summed E-state index contributed by atoms with van der Waals surface area (Å²) in [5.41, 5.74) is 7.09. The van der Waals surface area contributed by atoms with Crippen LogP contribution in [-0.4, -0.2) is 16.1 Å². The summed E-state index contributed by atoms with van der Waals surface area (Å²) in [6.45, 7) is 0. The minimum absolute atomic E-state index is 0. The Morgan fingerprint density at radius 1 is 1.29 bits per heavy atom. The summed E-state index contributed by atoms with van der Waals surface area (Å²) in [4.78, 5) is 4.07. The molecule has 1 unspecified atom stereocenters. The van der Waals surface area contributed by atoms with E-state index < -0.39 is 6.10 Å². The lowest BCUT2D eigenvalue weighted by atomic mass is 10.0. The van der Waals surface area contributed by atoms with Crippen LogP contribution in [0, 0.1) is 0 Å². The van der Waals surface area contributed by atoms with E-state index in [1.165, 1.54) is 11.3 Å². The van der Waals surface area contributed by atoms with E-state index in [0.29, 0.717) is 11.4 Å². The summed E-state index contributed by atoms with van der Waals surface area (Å²) >= 11 is 1.43. The molecule has 0 amide bonds. The Labute approximate surface area is 111 Å². The van der Waals surface area contributed by atoms with Crippen LogP contribution in [0.3, 0.4) is 0 Å². The third-order valence-electron chi connectivity index (χ3n) is 2.42.